The van der Waals surface area contributed by atoms with Crippen molar-refractivity contribution in [3.63, 3.8) is 0 Å². The summed E-state index contributed by atoms with van der Waals surface area (Å²) < 4.78 is 5.62. The maximum absolute atomic E-state index is 5.62. The van der Waals surface area contributed by atoms with E-state index in [-0.39, 0.29) is 18.4 Å². The first kappa shape index (κ1) is 18.6. The van der Waals surface area contributed by atoms with Crippen molar-refractivity contribution >= 4 is 12.4 Å². The first-order chi connectivity index (χ1) is 12.3. The van der Waals surface area contributed by atoms with Crippen LogP contribution in [0.15, 0.2) is 59.1 Å². The zero-order valence-electron chi connectivity index (χ0n) is 14.8. The van der Waals surface area contributed by atoms with Gasteiger partial charge in [0.1, 0.15) is 0 Å². The summed E-state index contributed by atoms with van der Waals surface area (Å²) in [5.74, 6) is 1.35. The first-order valence-electron chi connectivity index (χ1n) is 8.68. The van der Waals surface area contributed by atoms with Crippen LogP contribution in [0.2, 0.25) is 0 Å². The molecule has 2 aromatic carbocycles. The second kappa shape index (κ2) is 8.45. The molecule has 1 unspecified atom stereocenters. The summed E-state index contributed by atoms with van der Waals surface area (Å²) >= 11 is 0. The maximum Gasteiger partial charge on any atom is 0.258 e. The quantitative estimate of drug-likeness (QED) is 0.763. The Hall–Kier alpha value is -2.21. The summed E-state index contributed by atoms with van der Waals surface area (Å²) in [4.78, 5) is 6.96. The van der Waals surface area contributed by atoms with E-state index in [4.69, 9.17) is 9.51 Å². The molecule has 0 saturated carbocycles. The van der Waals surface area contributed by atoms with Crippen LogP contribution in [0, 0.1) is 0 Å². The normalized spacial score (nSPS) is 17.7. The number of nitrogens with one attached hydrogen (secondary N) is 1. The number of aromatic nitrogens is 2. The second-order valence-electron chi connectivity index (χ2n) is 6.48. The van der Waals surface area contributed by atoms with Crippen molar-refractivity contribution < 1.29 is 4.52 Å². The summed E-state index contributed by atoms with van der Waals surface area (Å²) in [5.41, 5.74) is 3.47. The van der Waals surface area contributed by atoms with Gasteiger partial charge in [-0.1, -0.05) is 53.7 Å². The third-order valence-electron chi connectivity index (χ3n) is 4.74. The zero-order chi connectivity index (χ0) is 17.1. The van der Waals surface area contributed by atoms with Crippen LogP contribution < -0.4 is 5.32 Å². The van der Waals surface area contributed by atoms with Crippen molar-refractivity contribution in [2.24, 2.45) is 0 Å². The van der Waals surface area contributed by atoms with E-state index in [0.29, 0.717) is 5.89 Å². The van der Waals surface area contributed by atoms with Crippen molar-refractivity contribution in [2.45, 2.75) is 12.5 Å². The fraction of sp³-hybridized carbons (Fsp3) is 0.300. The summed E-state index contributed by atoms with van der Waals surface area (Å²) in [5, 5.41) is 7.64. The van der Waals surface area contributed by atoms with Crippen LogP contribution in [0.3, 0.4) is 0 Å². The smallest absolute Gasteiger partial charge is 0.258 e. The number of halogens is 1. The minimum atomic E-state index is 0. The van der Waals surface area contributed by atoms with Crippen molar-refractivity contribution in [2.75, 3.05) is 26.7 Å². The number of piperazine rings is 1. The Morgan fingerprint density at radius 3 is 2.69 bits per heavy atom. The van der Waals surface area contributed by atoms with Crippen LogP contribution in [-0.2, 0) is 6.42 Å². The molecule has 0 bridgehead atoms. The van der Waals surface area contributed by atoms with Gasteiger partial charge in [-0.05, 0) is 30.7 Å². The highest BCUT2D eigenvalue weighted by molar-refractivity contribution is 5.85. The highest BCUT2D eigenvalue weighted by atomic mass is 35.5. The van der Waals surface area contributed by atoms with Crippen LogP contribution >= 0.6 is 12.4 Å². The minimum Gasteiger partial charge on any atom is -0.334 e. The van der Waals surface area contributed by atoms with E-state index in [1.54, 1.807) is 0 Å². The van der Waals surface area contributed by atoms with Gasteiger partial charge < -0.3 is 9.84 Å². The van der Waals surface area contributed by atoms with Gasteiger partial charge >= 0.3 is 0 Å². The first-order valence-corrected chi connectivity index (χ1v) is 8.68. The van der Waals surface area contributed by atoms with Gasteiger partial charge in [0.25, 0.3) is 5.89 Å². The molecule has 0 aliphatic carbocycles. The molecule has 6 heteroatoms. The number of hydrogen-bond donors (Lipinski definition) is 1. The van der Waals surface area contributed by atoms with E-state index >= 15 is 0 Å². The van der Waals surface area contributed by atoms with Gasteiger partial charge in [-0.25, -0.2) is 0 Å². The summed E-state index contributed by atoms with van der Waals surface area (Å²) in [7, 11) is 2.10. The van der Waals surface area contributed by atoms with Gasteiger partial charge in [0.2, 0.25) is 0 Å². The summed E-state index contributed by atoms with van der Waals surface area (Å²) in [6.45, 7) is 2.83. The molecule has 0 radical (unpaired) electrons. The molecule has 136 valence electrons. The Labute approximate surface area is 159 Å². The molecule has 5 nitrogen and oxygen atoms in total. The van der Waals surface area contributed by atoms with Crippen LogP contribution in [-0.4, -0.2) is 41.7 Å². The van der Waals surface area contributed by atoms with Crippen LogP contribution in [0.5, 0.6) is 0 Å². The monoisotopic (exact) mass is 370 g/mol. The predicted octanol–water partition coefficient (Wildman–Crippen LogP) is 3.33. The van der Waals surface area contributed by atoms with E-state index in [1.807, 2.05) is 12.1 Å². The van der Waals surface area contributed by atoms with Gasteiger partial charge in [-0.3, -0.25) is 4.90 Å². The number of nitrogens with zero attached hydrogens (tertiary/aromatic N) is 3. The average molecular weight is 371 g/mol. The van der Waals surface area contributed by atoms with E-state index in [9.17, 15) is 0 Å². The van der Waals surface area contributed by atoms with Crippen LogP contribution in [0.25, 0.3) is 11.5 Å². The molecule has 1 aromatic heterocycles. The Bertz CT molecular complexity index is 837. The Kier molecular flexibility index (Phi) is 6.04. The van der Waals surface area contributed by atoms with Crippen molar-refractivity contribution in [3.05, 3.63) is 71.5 Å². The summed E-state index contributed by atoms with van der Waals surface area (Å²) in [6, 6.07) is 18.8. The lowest BCUT2D eigenvalue weighted by molar-refractivity contribution is 0.190. The molecule has 3 aromatic rings. The third kappa shape index (κ3) is 3.96. The van der Waals surface area contributed by atoms with E-state index < -0.39 is 0 Å². The van der Waals surface area contributed by atoms with Gasteiger partial charge in [0.15, 0.2) is 5.82 Å². The molecular weight excluding hydrogens is 348 g/mol. The molecule has 0 spiro atoms. The molecule has 1 aliphatic rings. The highest BCUT2D eigenvalue weighted by Crippen LogP contribution is 2.26. The molecule has 1 aliphatic heterocycles. The second-order valence-corrected chi connectivity index (χ2v) is 6.48. The maximum atomic E-state index is 5.62. The third-order valence-corrected chi connectivity index (χ3v) is 4.74. The SMILES string of the molecule is CN1CCNCC1c1noc(-c2ccccc2Cc2ccccc2)n1.Cl. The van der Waals surface area contributed by atoms with Gasteiger partial charge in [0.05, 0.1) is 6.04 Å². The van der Waals surface area contributed by atoms with Gasteiger partial charge in [-0.2, -0.15) is 4.98 Å². The summed E-state index contributed by atoms with van der Waals surface area (Å²) in [6.07, 6.45) is 0.847. The van der Waals surface area contributed by atoms with Gasteiger partial charge in [0, 0.05) is 25.2 Å². The fourth-order valence-corrected chi connectivity index (χ4v) is 3.27. The molecule has 1 N–H and O–H groups in total. The molecule has 1 atom stereocenters. The predicted molar refractivity (Wildman–Crippen MR) is 104 cm³/mol. The van der Waals surface area contributed by atoms with Crippen LogP contribution in [0.4, 0.5) is 0 Å². The molecule has 1 saturated heterocycles. The van der Waals surface area contributed by atoms with E-state index in [1.165, 1.54) is 11.1 Å². The van der Waals surface area contributed by atoms with Crippen molar-refractivity contribution in [1.29, 1.82) is 0 Å². The minimum absolute atomic E-state index is 0. The largest absolute Gasteiger partial charge is 0.334 e. The molecule has 1 fully saturated rings. The fourth-order valence-electron chi connectivity index (χ4n) is 3.27. The number of likely N-dealkylation sites (N-methyl/N-ethyl adjacent to an activating group) is 1. The molecule has 0 amide bonds. The van der Waals surface area contributed by atoms with Gasteiger partial charge in [-0.15, -0.1) is 12.4 Å². The Morgan fingerprint density at radius 1 is 1.12 bits per heavy atom. The lowest BCUT2D eigenvalue weighted by atomic mass is 10.00. The zero-order valence-corrected chi connectivity index (χ0v) is 15.6. The molecular formula is C20H23ClN4O. The Balaban J connectivity index is 0.00000196. The van der Waals surface area contributed by atoms with E-state index in [0.717, 1.165) is 37.4 Å². The molecule has 2 heterocycles. The lowest BCUT2D eigenvalue weighted by Gasteiger charge is -2.30. The lowest BCUT2D eigenvalue weighted by Crippen LogP contribution is -2.44. The number of benzene rings is 2. The topological polar surface area (TPSA) is 54.2 Å². The molecule has 4 rings (SSSR count). The highest BCUT2D eigenvalue weighted by Gasteiger charge is 2.25. The number of rotatable bonds is 4. The van der Waals surface area contributed by atoms with Crippen LogP contribution in [0.1, 0.15) is 23.0 Å². The molecule has 26 heavy (non-hydrogen) atoms. The van der Waals surface area contributed by atoms with E-state index in [2.05, 4.69) is 64.9 Å². The Morgan fingerprint density at radius 2 is 1.88 bits per heavy atom. The van der Waals surface area contributed by atoms with Crippen molar-refractivity contribution in [1.82, 2.24) is 20.4 Å². The average Bonchev–Trinajstić information content (AvgIpc) is 3.13. The number of hydrogen-bond acceptors (Lipinski definition) is 5. The standard InChI is InChI=1S/C20H22N4O.ClH/c1-24-12-11-21-14-18(24)19-22-20(25-23-19)17-10-6-5-9-16(17)13-15-7-3-2-4-8-15;/h2-10,18,21H,11-14H2,1H3;1H. The van der Waals surface area contributed by atoms with Crippen molar-refractivity contribution in [3.8, 4) is 11.5 Å².